The quantitative estimate of drug-likeness (QED) is 0.906. The molecule has 0 unspecified atom stereocenters. The fraction of sp³-hybridized carbons (Fsp3) is 0.143. The topological polar surface area (TPSA) is 35.2 Å². The van der Waals surface area contributed by atoms with Crippen LogP contribution in [0.4, 0.5) is 4.39 Å². The van der Waals surface area contributed by atoms with Gasteiger partial charge in [0.15, 0.2) is 0 Å². The highest BCUT2D eigenvalue weighted by molar-refractivity contribution is 6.42. The van der Waals surface area contributed by atoms with Crippen molar-refractivity contribution in [3.8, 4) is 11.5 Å². The van der Waals surface area contributed by atoms with E-state index in [0.29, 0.717) is 40.1 Å². The van der Waals surface area contributed by atoms with Gasteiger partial charge < -0.3 is 10.5 Å². The number of halogens is 3. The van der Waals surface area contributed by atoms with Crippen molar-refractivity contribution in [3.63, 3.8) is 0 Å². The summed E-state index contributed by atoms with van der Waals surface area (Å²) in [4.78, 5) is 0. The maximum atomic E-state index is 13.2. The third-order valence-electron chi connectivity index (χ3n) is 2.57. The van der Waals surface area contributed by atoms with E-state index in [9.17, 15) is 4.39 Å². The monoisotopic (exact) mass is 299 g/mol. The van der Waals surface area contributed by atoms with Crippen molar-refractivity contribution in [1.82, 2.24) is 0 Å². The van der Waals surface area contributed by atoms with Crippen molar-refractivity contribution >= 4 is 23.2 Å². The predicted molar refractivity (Wildman–Crippen MR) is 75.7 cm³/mol. The van der Waals surface area contributed by atoms with Gasteiger partial charge in [0.05, 0.1) is 5.02 Å². The van der Waals surface area contributed by atoms with Gasteiger partial charge in [-0.3, -0.25) is 0 Å². The predicted octanol–water partition coefficient (Wildman–Crippen LogP) is 4.43. The Balaban J connectivity index is 2.35. The third kappa shape index (κ3) is 3.38. The number of hydrogen-bond donors (Lipinski definition) is 1. The number of nitrogens with two attached hydrogens (primary N) is 1. The summed E-state index contributed by atoms with van der Waals surface area (Å²) in [6, 6.07) is 9.38. The molecule has 0 spiro atoms. The van der Waals surface area contributed by atoms with Gasteiger partial charge in [-0.2, -0.15) is 0 Å². The van der Waals surface area contributed by atoms with Crippen LogP contribution in [0.2, 0.25) is 10.0 Å². The molecule has 0 fully saturated rings. The molecule has 0 saturated carbocycles. The second-order valence-corrected chi connectivity index (χ2v) is 4.73. The van der Waals surface area contributed by atoms with Crippen LogP contribution in [-0.2, 0) is 6.42 Å². The standard InChI is InChI=1S/C14H12Cl2FNO/c15-11-2-1-3-13(14(11)16)19-12-5-4-10(17)8-9(12)6-7-18/h1-5,8H,6-7,18H2. The van der Waals surface area contributed by atoms with E-state index in [1.165, 1.54) is 12.1 Å². The van der Waals surface area contributed by atoms with E-state index in [1.54, 1.807) is 24.3 Å². The second kappa shape index (κ2) is 6.24. The average molecular weight is 300 g/mol. The summed E-state index contributed by atoms with van der Waals surface area (Å²) in [7, 11) is 0. The second-order valence-electron chi connectivity index (χ2n) is 3.94. The summed E-state index contributed by atoms with van der Waals surface area (Å²) in [5, 5.41) is 0.730. The Hall–Kier alpha value is -1.29. The summed E-state index contributed by atoms with van der Waals surface area (Å²) in [5.41, 5.74) is 6.19. The highest BCUT2D eigenvalue weighted by Gasteiger charge is 2.10. The van der Waals surface area contributed by atoms with Gasteiger partial charge in [-0.15, -0.1) is 0 Å². The molecule has 100 valence electrons. The van der Waals surface area contributed by atoms with Crippen molar-refractivity contribution < 1.29 is 9.13 Å². The van der Waals surface area contributed by atoms with Gasteiger partial charge in [-0.1, -0.05) is 29.3 Å². The zero-order chi connectivity index (χ0) is 13.8. The van der Waals surface area contributed by atoms with Gasteiger partial charge in [0.25, 0.3) is 0 Å². The molecule has 2 aromatic rings. The Morgan fingerprint density at radius 2 is 1.89 bits per heavy atom. The van der Waals surface area contributed by atoms with Crippen molar-refractivity contribution in [2.45, 2.75) is 6.42 Å². The normalized spacial score (nSPS) is 10.5. The van der Waals surface area contributed by atoms with Gasteiger partial charge >= 0.3 is 0 Å². The lowest BCUT2D eigenvalue weighted by Crippen LogP contribution is -2.04. The van der Waals surface area contributed by atoms with Crippen LogP contribution in [-0.4, -0.2) is 6.54 Å². The zero-order valence-corrected chi connectivity index (χ0v) is 11.5. The zero-order valence-electron chi connectivity index (χ0n) is 10.00. The molecule has 2 N–H and O–H groups in total. The first-order chi connectivity index (χ1) is 9.11. The van der Waals surface area contributed by atoms with Crippen LogP contribution >= 0.6 is 23.2 Å². The molecule has 2 aromatic carbocycles. The molecule has 19 heavy (non-hydrogen) atoms. The Labute approximate surface area is 120 Å². The van der Waals surface area contributed by atoms with Crippen molar-refractivity contribution in [2.75, 3.05) is 6.54 Å². The molecule has 2 nitrogen and oxygen atoms in total. The van der Waals surface area contributed by atoms with Gasteiger partial charge in [0, 0.05) is 0 Å². The molecular weight excluding hydrogens is 288 g/mol. The average Bonchev–Trinajstić information content (AvgIpc) is 2.38. The number of rotatable bonds is 4. The highest BCUT2D eigenvalue weighted by Crippen LogP contribution is 2.35. The smallest absolute Gasteiger partial charge is 0.147 e. The van der Waals surface area contributed by atoms with Crippen molar-refractivity contribution in [2.24, 2.45) is 5.73 Å². The molecular formula is C14H12Cl2FNO. The number of ether oxygens (including phenoxy) is 1. The van der Waals surface area contributed by atoms with E-state index in [-0.39, 0.29) is 5.82 Å². The molecule has 0 bridgehead atoms. The minimum Gasteiger partial charge on any atom is -0.455 e. The van der Waals surface area contributed by atoms with E-state index < -0.39 is 0 Å². The van der Waals surface area contributed by atoms with Crippen LogP contribution in [0.3, 0.4) is 0 Å². The summed E-state index contributed by atoms with van der Waals surface area (Å²) in [5.74, 6) is 0.628. The third-order valence-corrected chi connectivity index (χ3v) is 3.37. The molecule has 0 saturated heterocycles. The maximum absolute atomic E-state index is 13.2. The molecule has 0 amide bonds. The first-order valence-corrected chi connectivity index (χ1v) is 6.47. The van der Waals surface area contributed by atoms with E-state index in [0.717, 1.165) is 0 Å². The first kappa shape index (κ1) is 14.1. The van der Waals surface area contributed by atoms with Crippen LogP contribution < -0.4 is 10.5 Å². The fourth-order valence-electron chi connectivity index (χ4n) is 1.68. The highest BCUT2D eigenvalue weighted by atomic mass is 35.5. The molecule has 0 heterocycles. The van der Waals surface area contributed by atoms with Crippen LogP contribution in [0, 0.1) is 5.82 Å². The molecule has 0 aliphatic heterocycles. The molecule has 0 aromatic heterocycles. The Bertz CT molecular complexity index is 590. The maximum Gasteiger partial charge on any atom is 0.147 e. The van der Waals surface area contributed by atoms with Gasteiger partial charge in [0.2, 0.25) is 0 Å². The molecule has 2 rings (SSSR count). The first-order valence-electron chi connectivity index (χ1n) is 5.72. The van der Waals surface area contributed by atoms with Crippen LogP contribution in [0.25, 0.3) is 0 Å². The van der Waals surface area contributed by atoms with Crippen LogP contribution in [0.1, 0.15) is 5.56 Å². The van der Waals surface area contributed by atoms with E-state index in [2.05, 4.69) is 0 Å². The lowest BCUT2D eigenvalue weighted by Gasteiger charge is -2.12. The largest absolute Gasteiger partial charge is 0.455 e. The molecule has 0 aliphatic carbocycles. The van der Waals surface area contributed by atoms with Gasteiger partial charge in [-0.05, 0) is 48.9 Å². The van der Waals surface area contributed by atoms with Crippen LogP contribution in [0.15, 0.2) is 36.4 Å². The van der Waals surface area contributed by atoms with E-state index >= 15 is 0 Å². The lowest BCUT2D eigenvalue weighted by atomic mass is 10.1. The molecule has 0 radical (unpaired) electrons. The minimum atomic E-state index is -0.326. The number of hydrogen-bond acceptors (Lipinski definition) is 2. The number of benzene rings is 2. The van der Waals surface area contributed by atoms with E-state index in [4.69, 9.17) is 33.7 Å². The molecule has 0 atom stereocenters. The Morgan fingerprint density at radius 3 is 2.63 bits per heavy atom. The minimum absolute atomic E-state index is 0.326. The van der Waals surface area contributed by atoms with Crippen molar-refractivity contribution in [3.05, 3.63) is 57.8 Å². The SMILES string of the molecule is NCCc1cc(F)ccc1Oc1cccc(Cl)c1Cl. The van der Waals surface area contributed by atoms with Gasteiger partial charge in [-0.25, -0.2) is 4.39 Å². The summed E-state index contributed by atoms with van der Waals surface area (Å²) in [6.45, 7) is 0.406. The Kier molecular flexibility index (Phi) is 4.64. The van der Waals surface area contributed by atoms with E-state index in [1.807, 2.05) is 0 Å². The Morgan fingerprint density at radius 1 is 1.11 bits per heavy atom. The fourth-order valence-corrected chi connectivity index (χ4v) is 2.01. The summed E-state index contributed by atoms with van der Waals surface area (Å²) in [6.07, 6.45) is 0.519. The van der Waals surface area contributed by atoms with Crippen LogP contribution in [0.5, 0.6) is 11.5 Å². The molecule has 0 aliphatic rings. The lowest BCUT2D eigenvalue weighted by molar-refractivity contribution is 0.474. The van der Waals surface area contributed by atoms with Gasteiger partial charge in [0.1, 0.15) is 22.3 Å². The summed E-state index contributed by atoms with van der Waals surface area (Å²) < 4.78 is 18.9. The van der Waals surface area contributed by atoms with Crippen molar-refractivity contribution in [1.29, 1.82) is 0 Å². The molecule has 5 heteroatoms. The summed E-state index contributed by atoms with van der Waals surface area (Å²) >= 11 is 12.0.